The van der Waals surface area contributed by atoms with Crippen molar-refractivity contribution in [2.45, 2.75) is 124 Å². The van der Waals surface area contributed by atoms with Crippen LogP contribution in [0.2, 0.25) is 0 Å². The van der Waals surface area contributed by atoms with Gasteiger partial charge in [0, 0.05) is 0 Å². The van der Waals surface area contributed by atoms with Gasteiger partial charge in [-0.25, -0.2) is 0 Å². The van der Waals surface area contributed by atoms with Crippen molar-refractivity contribution in [2.24, 2.45) is 5.41 Å². The molecule has 0 aromatic carbocycles. The fourth-order valence-electron chi connectivity index (χ4n) is 3.51. The monoisotopic (exact) mass is 299 g/mol. The van der Waals surface area contributed by atoms with Crippen molar-refractivity contribution in [3.63, 3.8) is 0 Å². The molecule has 0 saturated heterocycles. The first-order chi connectivity index (χ1) is 9.74. The highest BCUT2D eigenvalue weighted by Gasteiger charge is 2.27. The van der Waals surface area contributed by atoms with Gasteiger partial charge in [0.1, 0.15) is 0 Å². The van der Waals surface area contributed by atoms with Crippen molar-refractivity contribution in [1.29, 1.82) is 0 Å². The molecule has 0 heterocycles. The predicted molar refractivity (Wildman–Crippen MR) is 99.4 cm³/mol. The highest BCUT2D eigenvalue weighted by atomic mass is 14.3. The Hall–Kier alpha value is -0.0400. The molecule has 0 fully saturated rings. The quantitative estimate of drug-likeness (QED) is 0.305. The molecular formula is C20H45N. The van der Waals surface area contributed by atoms with Gasteiger partial charge in [-0.05, 0) is 31.1 Å². The van der Waals surface area contributed by atoms with E-state index < -0.39 is 0 Å². The minimum Gasteiger partial charge on any atom is -0.344 e. The summed E-state index contributed by atoms with van der Waals surface area (Å²) in [5.41, 5.74) is 0.703. The number of unbranched alkanes of at least 4 members (excludes halogenated alkanes) is 7. The third-order valence-corrected chi connectivity index (χ3v) is 4.99. The summed E-state index contributed by atoms with van der Waals surface area (Å²) in [5.74, 6) is 0. The molecule has 0 saturated carbocycles. The first-order valence-corrected chi connectivity index (χ1v) is 9.74. The number of hydrogen-bond acceptors (Lipinski definition) is 1. The summed E-state index contributed by atoms with van der Waals surface area (Å²) in [5, 5.41) is 0. The van der Waals surface area contributed by atoms with Crippen LogP contribution in [-0.2, 0) is 0 Å². The molecule has 0 aromatic heterocycles. The van der Waals surface area contributed by atoms with Gasteiger partial charge >= 0.3 is 0 Å². The average Bonchev–Trinajstić information content (AvgIpc) is 2.48. The van der Waals surface area contributed by atoms with Crippen LogP contribution in [0, 0.1) is 5.41 Å². The van der Waals surface area contributed by atoms with Gasteiger partial charge in [0.15, 0.2) is 0 Å². The zero-order chi connectivity index (χ0) is 15.1. The lowest BCUT2D eigenvalue weighted by Gasteiger charge is -2.35. The SMILES string of the molecule is CCCCCCCC(CCCC)(CCCC)CCCC.N. The summed E-state index contributed by atoms with van der Waals surface area (Å²) < 4.78 is 0. The van der Waals surface area contributed by atoms with Crippen LogP contribution in [-0.4, -0.2) is 0 Å². The Morgan fingerprint density at radius 2 is 0.762 bits per heavy atom. The van der Waals surface area contributed by atoms with E-state index in [9.17, 15) is 0 Å². The molecule has 1 heteroatoms. The Labute approximate surface area is 136 Å². The molecule has 0 bridgehead atoms. The van der Waals surface area contributed by atoms with Gasteiger partial charge in [-0.15, -0.1) is 0 Å². The molecule has 0 aliphatic heterocycles. The van der Waals surface area contributed by atoms with Crippen molar-refractivity contribution in [3.8, 4) is 0 Å². The van der Waals surface area contributed by atoms with E-state index in [-0.39, 0.29) is 6.15 Å². The summed E-state index contributed by atoms with van der Waals surface area (Å²) in [6, 6.07) is 0. The molecule has 0 aliphatic rings. The Morgan fingerprint density at radius 1 is 0.429 bits per heavy atom. The molecular weight excluding hydrogens is 254 g/mol. The highest BCUT2D eigenvalue weighted by Crippen LogP contribution is 2.41. The van der Waals surface area contributed by atoms with Crippen molar-refractivity contribution in [1.82, 2.24) is 6.15 Å². The topological polar surface area (TPSA) is 35.0 Å². The van der Waals surface area contributed by atoms with E-state index in [0.29, 0.717) is 5.41 Å². The van der Waals surface area contributed by atoms with Crippen LogP contribution in [0.3, 0.4) is 0 Å². The molecule has 3 N–H and O–H groups in total. The van der Waals surface area contributed by atoms with E-state index in [1.54, 1.807) is 0 Å². The maximum absolute atomic E-state index is 2.35. The minimum atomic E-state index is 0. The van der Waals surface area contributed by atoms with Gasteiger partial charge in [-0.1, -0.05) is 98.3 Å². The van der Waals surface area contributed by atoms with E-state index in [1.807, 2.05) is 0 Å². The van der Waals surface area contributed by atoms with Gasteiger partial charge in [-0.2, -0.15) is 0 Å². The molecule has 0 amide bonds. The summed E-state index contributed by atoms with van der Waals surface area (Å²) >= 11 is 0. The Bertz CT molecular complexity index is 167. The third-order valence-electron chi connectivity index (χ3n) is 4.99. The summed E-state index contributed by atoms with van der Waals surface area (Å²) in [6.45, 7) is 9.37. The minimum absolute atomic E-state index is 0. The smallest absolute Gasteiger partial charge is 0.0297 e. The molecule has 0 unspecified atom stereocenters. The standard InChI is InChI=1S/C20H42.H3N/c1-5-9-13-14-15-19-20(16-10-6-2,17-11-7-3)18-12-8-4;/h5-19H2,1-4H3;1H3. The van der Waals surface area contributed by atoms with Crippen LogP contribution in [0.15, 0.2) is 0 Å². The lowest BCUT2D eigenvalue weighted by atomic mass is 9.71. The zero-order valence-electron chi connectivity index (χ0n) is 15.8. The average molecular weight is 300 g/mol. The fraction of sp³-hybridized carbons (Fsp3) is 1.00. The Kier molecular flexibility index (Phi) is 18.1. The molecule has 0 rings (SSSR count). The van der Waals surface area contributed by atoms with E-state index in [0.717, 1.165) is 0 Å². The first kappa shape index (κ1) is 23.2. The normalized spacial score (nSPS) is 11.4. The second kappa shape index (κ2) is 16.3. The van der Waals surface area contributed by atoms with E-state index in [2.05, 4.69) is 27.7 Å². The summed E-state index contributed by atoms with van der Waals surface area (Å²) in [7, 11) is 0. The van der Waals surface area contributed by atoms with Crippen LogP contribution in [0.25, 0.3) is 0 Å². The summed E-state index contributed by atoms with van der Waals surface area (Å²) in [4.78, 5) is 0. The van der Waals surface area contributed by atoms with Crippen LogP contribution in [0.1, 0.15) is 124 Å². The van der Waals surface area contributed by atoms with Crippen LogP contribution >= 0.6 is 0 Å². The van der Waals surface area contributed by atoms with Gasteiger partial charge in [-0.3, -0.25) is 0 Å². The van der Waals surface area contributed by atoms with Gasteiger partial charge < -0.3 is 6.15 Å². The van der Waals surface area contributed by atoms with E-state index >= 15 is 0 Å². The van der Waals surface area contributed by atoms with Crippen LogP contribution in [0.4, 0.5) is 0 Å². The zero-order valence-corrected chi connectivity index (χ0v) is 15.8. The molecule has 0 aliphatic carbocycles. The largest absolute Gasteiger partial charge is 0.344 e. The maximum atomic E-state index is 2.35. The summed E-state index contributed by atoms with van der Waals surface area (Å²) in [6.07, 6.45) is 21.7. The number of hydrogen-bond donors (Lipinski definition) is 1. The molecule has 0 atom stereocenters. The Morgan fingerprint density at radius 3 is 1.14 bits per heavy atom. The third kappa shape index (κ3) is 12.2. The molecule has 0 radical (unpaired) electrons. The van der Waals surface area contributed by atoms with Gasteiger partial charge in [0.25, 0.3) is 0 Å². The van der Waals surface area contributed by atoms with Crippen LogP contribution < -0.4 is 6.15 Å². The highest BCUT2D eigenvalue weighted by molar-refractivity contribution is 4.79. The number of rotatable bonds is 15. The lowest BCUT2D eigenvalue weighted by molar-refractivity contribution is 0.176. The predicted octanol–water partition coefficient (Wildman–Crippen LogP) is 8.07. The van der Waals surface area contributed by atoms with E-state index in [4.69, 9.17) is 0 Å². The second-order valence-electron chi connectivity index (χ2n) is 6.97. The molecule has 130 valence electrons. The Balaban J connectivity index is 0. The molecule has 21 heavy (non-hydrogen) atoms. The maximum Gasteiger partial charge on any atom is -0.0297 e. The molecule has 1 nitrogen and oxygen atoms in total. The van der Waals surface area contributed by atoms with Gasteiger partial charge in [0.2, 0.25) is 0 Å². The van der Waals surface area contributed by atoms with E-state index in [1.165, 1.54) is 96.3 Å². The first-order valence-electron chi connectivity index (χ1n) is 9.74. The van der Waals surface area contributed by atoms with Crippen molar-refractivity contribution < 1.29 is 0 Å². The molecule has 0 aromatic rings. The fourth-order valence-corrected chi connectivity index (χ4v) is 3.51. The molecule has 0 spiro atoms. The van der Waals surface area contributed by atoms with Crippen LogP contribution in [0.5, 0.6) is 0 Å². The lowest BCUT2D eigenvalue weighted by Crippen LogP contribution is -2.21. The van der Waals surface area contributed by atoms with Crippen molar-refractivity contribution in [2.75, 3.05) is 0 Å². The van der Waals surface area contributed by atoms with Crippen molar-refractivity contribution in [3.05, 3.63) is 0 Å². The van der Waals surface area contributed by atoms with Crippen molar-refractivity contribution >= 4 is 0 Å². The second-order valence-corrected chi connectivity index (χ2v) is 6.97. The van der Waals surface area contributed by atoms with Gasteiger partial charge in [0.05, 0.1) is 0 Å².